The minimum absolute atomic E-state index is 0.304. The predicted octanol–water partition coefficient (Wildman–Crippen LogP) is 2.27. The molecule has 0 atom stereocenters. The van der Waals surface area contributed by atoms with Gasteiger partial charge in [0, 0.05) is 13.8 Å². The summed E-state index contributed by atoms with van der Waals surface area (Å²) in [6.45, 7) is 3.09. The van der Waals surface area contributed by atoms with E-state index in [0.29, 0.717) is 6.42 Å². The molecule has 1 aliphatic carbocycles. The Morgan fingerprint density at radius 2 is 2.00 bits per heavy atom. The van der Waals surface area contributed by atoms with E-state index in [2.05, 4.69) is 6.08 Å². The van der Waals surface area contributed by atoms with Crippen LogP contribution >= 0.6 is 0 Å². The second-order valence-electron chi connectivity index (χ2n) is 4.77. The SMILES string of the molecule is CC1(C)OC(=O)C(CC=CC2=CCC=C2)C(=O)O1. The van der Waals surface area contributed by atoms with Gasteiger partial charge in [-0.15, -0.1) is 0 Å². The van der Waals surface area contributed by atoms with Gasteiger partial charge < -0.3 is 9.47 Å². The first-order valence-electron chi connectivity index (χ1n) is 5.97. The van der Waals surface area contributed by atoms with Crippen molar-refractivity contribution in [1.82, 2.24) is 0 Å². The molecule has 18 heavy (non-hydrogen) atoms. The van der Waals surface area contributed by atoms with Crippen molar-refractivity contribution in [2.24, 2.45) is 5.92 Å². The summed E-state index contributed by atoms with van der Waals surface area (Å²) in [5, 5.41) is 0. The van der Waals surface area contributed by atoms with E-state index in [1.54, 1.807) is 19.9 Å². The van der Waals surface area contributed by atoms with Gasteiger partial charge in [-0.2, -0.15) is 0 Å². The highest BCUT2D eigenvalue weighted by atomic mass is 16.7. The lowest BCUT2D eigenvalue weighted by molar-refractivity contribution is -0.239. The first kappa shape index (κ1) is 12.6. The Kier molecular flexibility index (Phi) is 3.36. The number of hydrogen-bond acceptors (Lipinski definition) is 4. The molecule has 0 N–H and O–H groups in total. The summed E-state index contributed by atoms with van der Waals surface area (Å²) in [5.74, 6) is -3.03. The average molecular weight is 248 g/mol. The zero-order chi connectivity index (χ0) is 13.2. The summed E-state index contributed by atoms with van der Waals surface area (Å²) in [6.07, 6.45) is 11.0. The maximum absolute atomic E-state index is 11.7. The molecule has 96 valence electrons. The van der Waals surface area contributed by atoms with Crippen LogP contribution in [0.5, 0.6) is 0 Å². The molecule has 4 heteroatoms. The van der Waals surface area contributed by atoms with Crippen LogP contribution in [0.2, 0.25) is 0 Å². The van der Waals surface area contributed by atoms with Gasteiger partial charge in [0.25, 0.3) is 5.79 Å². The van der Waals surface area contributed by atoms with Crippen LogP contribution < -0.4 is 0 Å². The molecule has 1 fully saturated rings. The first-order chi connectivity index (χ1) is 8.48. The number of allylic oxidation sites excluding steroid dienone is 6. The highest BCUT2D eigenvalue weighted by Crippen LogP contribution is 2.25. The van der Waals surface area contributed by atoms with Gasteiger partial charge >= 0.3 is 11.9 Å². The van der Waals surface area contributed by atoms with Crippen LogP contribution in [0.1, 0.15) is 26.7 Å². The average Bonchev–Trinajstić information content (AvgIpc) is 2.73. The lowest BCUT2D eigenvalue weighted by Gasteiger charge is -2.32. The van der Waals surface area contributed by atoms with E-state index in [4.69, 9.17) is 9.47 Å². The summed E-state index contributed by atoms with van der Waals surface area (Å²) in [7, 11) is 0. The molecule has 0 aromatic heterocycles. The lowest BCUT2D eigenvalue weighted by atomic mass is 10.0. The molecule has 2 rings (SSSR count). The third kappa shape index (κ3) is 2.88. The number of esters is 2. The van der Waals surface area contributed by atoms with E-state index < -0.39 is 23.6 Å². The Balaban J connectivity index is 1.95. The topological polar surface area (TPSA) is 52.6 Å². The van der Waals surface area contributed by atoms with Gasteiger partial charge in [-0.1, -0.05) is 30.4 Å². The molecular formula is C14H16O4. The molecule has 0 amide bonds. The van der Waals surface area contributed by atoms with E-state index in [1.165, 1.54) is 0 Å². The fourth-order valence-corrected chi connectivity index (χ4v) is 1.88. The minimum atomic E-state index is -1.15. The zero-order valence-electron chi connectivity index (χ0n) is 10.5. The van der Waals surface area contributed by atoms with Gasteiger partial charge in [-0.05, 0) is 18.4 Å². The minimum Gasteiger partial charge on any atom is -0.422 e. The Morgan fingerprint density at radius 3 is 2.56 bits per heavy atom. The van der Waals surface area contributed by atoms with Gasteiger partial charge in [0.15, 0.2) is 5.92 Å². The van der Waals surface area contributed by atoms with Crippen LogP contribution in [0, 0.1) is 5.92 Å². The summed E-state index contributed by atoms with van der Waals surface area (Å²) in [4.78, 5) is 23.3. The molecule has 0 aromatic carbocycles. The van der Waals surface area contributed by atoms with Gasteiger partial charge in [-0.25, -0.2) is 0 Å². The molecule has 0 radical (unpaired) electrons. The van der Waals surface area contributed by atoms with Gasteiger partial charge in [-0.3, -0.25) is 9.59 Å². The number of rotatable bonds is 3. The highest BCUT2D eigenvalue weighted by Gasteiger charge is 2.42. The second kappa shape index (κ2) is 4.80. The summed E-state index contributed by atoms with van der Waals surface area (Å²) in [5.41, 5.74) is 1.09. The summed E-state index contributed by atoms with van der Waals surface area (Å²) < 4.78 is 10.1. The summed E-state index contributed by atoms with van der Waals surface area (Å²) >= 11 is 0. The van der Waals surface area contributed by atoms with Gasteiger partial charge in [0.05, 0.1) is 0 Å². The van der Waals surface area contributed by atoms with Crippen LogP contribution in [-0.2, 0) is 19.1 Å². The van der Waals surface area contributed by atoms with E-state index in [-0.39, 0.29) is 0 Å². The van der Waals surface area contributed by atoms with Gasteiger partial charge in [0.2, 0.25) is 0 Å². The standard InChI is InChI=1S/C14H16O4/c1-14(2)17-12(15)11(13(16)18-14)9-5-8-10-6-3-4-7-10/h3,5-8,11H,4,9H2,1-2H3. The Morgan fingerprint density at radius 1 is 1.33 bits per heavy atom. The van der Waals surface area contributed by atoms with Crippen molar-refractivity contribution < 1.29 is 19.1 Å². The molecular weight excluding hydrogens is 232 g/mol. The maximum Gasteiger partial charge on any atom is 0.323 e. The van der Waals surface area contributed by atoms with Crippen molar-refractivity contribution in [3.05, 3.63) is 36.0 Å². The zero-order valence-corrected chi connectivity index (χ0v) is 10.5. The van der Waals surface area contributed by atoms with Crippen LogP contribution in [0.25, 0.3) is 0 Å². The molecule has 0 bridgehead atoms. The molecule has 1 saturated heterocycles. The van der Waals surface area contributed by atoms with Gasteiger partial charge in [0.1, 0.15) is 0 Å². The third-order valence-electron chi connectivity index (χ3n) is 2.74. The quantitative estimate of drug-likeness (QED) is 0.568. The molecule has 0 unspecified atom stereocenters. The molecule has 4 nitrogen and oxygen atoms in total. The Hall–Kier alpha value is -1.84. The largest absolute Gasteiger partial charge is 0.422 e. The predicted molar refractivity (Wildman–Crippen MR) is 65.4 cm³/mol. The van der Waals surface area contributed by atoms with Crippen LogP contribution in [0.3, 0.4) is 0 Å². The van der Waals surface area contributed by atoms with Crippen molar-refractivity contribution in [3.8, 4) is 0 Å². The molecule has 0 spiro atoms. The fraction of sp³-hybridized carbons (Fsp3) is 0.429. The summed E-state index contributed by atoms with van der Waals surface area (Å²) in [6, 6.07) is 0. The lowest BCUT2D eigenvalue weighted by Crippen LogP contribution is -2.46. The highest BCUT2D eigenvalue weighted by molar-refractivity contribution is 5.96. The van der Waals surface area contributed by atoms with E-state index in [1.807, 2.05) is 18.2 Å². The van der Waals surface area contributed by atoms with E-state index in [0.717, 1.165) is 12.0 Å². The molecule has 1 aliphatic heterocycles. The van der Waals surface area contributed by atoms with E-state index in [9.17, 15) is 9.59 Å². The number of carbonyl (C=O) groups excluding carboxylic acids is 2. The van der Waals surface area contributed by atoms with Crippen molar-refractivity contribution in [2.75, 3.05) is 0 Å². The molecule has 1 heterocycles. The van der Waals surface area contributed by atoms with Crippen molar-refractivity contribution >= 4 is 11.9 Å². The van der Waals surface area contributed by atoms with Crippen molar-refractivity contribution in [3.63, 3.8) is 0 Å². The molecule has 2 aliphatic rings. The van der Waals surface area contributed by atoms with Crippen LogP contribution in [-0.4, -0.2) is 17.7 Å². The molecule has 0 aromatic rings. The Bertz CT molecular complexity index is 434. The normalized spacial score (nSPS) is 23.1. The molecule has 0 saturated carbocycles. The number of ether oxygens (including phenoxy) is 2. The number of carbonyl (C=O) groups is 2. The van der Waals surface area contributed by atoms with Crippen LogP contribution in [0.15, 0.2) is 36.0 Å². The number of cyclic esters (lactones) is 2. The second-order valence-corrected chi connectivity index (χ2v) is 4.77. The van der Waals surface area contributed by atoms with E-state index >= 15 is 0 Å². The Labute approximate surface area is 106 Å². The fourth-order valence-electron chi connectivity index (χ4n) is 1.88. The monoisotopic (exact) mass is 248 g/mol. The first-order valence-corrected chi connectivity index (χ1v) is 5.97. The third-order valence-corrected chi connectivity index (χ3v) is 2.74. The number of hydrogen-bond donors (Lipinski definition) is 0. The van der Waals surface area contributed by atoms with Crippen molar-refractivity contribution in [1.29, 1.82) is 0 Å². The maximum atomic E-state index is 11.7. The van der Waals surface area contributed by atoms with Crippen LogP contribution in [0.4, 0.5) is 0 Å². The smallest absolute Gasteiger partial charge is 0.323 e. The van der Waals surface area contributed by atoms with Crippen molar-refractivity contribution in [2.45, 2.75) is 32.5 Å².